The second kappa shape index (κ2) is 3.63. The molecule has 0 fully saturated rings. The number of hydrogen-bond acceptors (Lipinski definition) is 2. The first-order valence-corrected chi connectivity index (χ1v) is 5.14. The Labute approximate surface area is 93.5 Å². The fourth-order valence-corrected chi connectivity index (χ4v) is 2.14. The quantitative estimate of drug-likeness (QED) is 0.780. The van der Waals surface area contributed by atoms with Gasteiger partial charge < -0.3 is 10.0 Å². The summed E-state index contributed by atoms with van der Waals surface area (Å²) in [6.45, 7) is 1.80. The number of carboxylic acids is 1. The molecule has 1 aromatic rings. The molecular weight excluding hydrogens is 206 g/mol. The molecular formula is C12H13NO3. The third-order valence-electron chi connectivity index (χ3n) is 3.13. The van der Waals surface area contributed by atoms with Crippen molar-refractivity contribution in [1.82, 2.24) is 0 Å². The smallest absolute Gasteiger partial charge is 0.335 e. The van der Waals surface area contributed by atoms with E-state index in [1.807, 2.05) is 0 Å². The molecule has 1 heterocycles. The molecule has 0 spiro atoms. The van der Waals surface area contributed by atoms with Gasteiger partial charge in [-0.25, -0.2) is 4.79 Å². The number of anilines is 1. The second-order valence-electron chi connectivity index (χ2n) is 3.99. The number of carbonyl (C=O) groups is 2. The lowest BCUT2D eigenvalue weighted by Crippen LogP contribution is -2.31. The van der Waals surface area contributed by atoms with E-state index in [2.05, 4.69) is 0 Å². The van der Waals surface area contributed by atoms with Gasteiger partial charge in [0, 0.05) is 19.2 Å². The van der Waals surface area contributed by atoms with E-state index in [-0.39, 0.29) is 5.91 Å². The number of benzene rings is 1. The maximum absolute atomic E-state index is 11.5. The summed E-state index contributed by atoms with van der Waals surface area (Å²) in [5, 5.41) is 9.00. The SMILES string of the molecule is Cc1c(C(=O)O)ccc2c1CCC(=O)N2C. The standard InChI is InChI=1S/C12H13NO3/c1-7-8-4-6-11(14)13(2)10(8)5-3-9(7)12(15)16/h3,5H,4,6H2,1-2H3,(H,15,16). The first-order valence-electron chi connectivity index (χ1n) is 5.14. The Morgan fingerprint density at radius 1 is 1.38 bits per heavy atom. The summed E-state index contributed by atoms with van der Waals surface area (Å²) in [7, 11) is 1.72. The van der Waals surface area contributed by atoms with Crippen LogP contribution in [0.25, 0.3) is 0 Å². The van der Waals surface area contributed by atoms with Crippen LogP contribution in [0.15, 0.2) is 12.1 Å². The first kappa shape index (κ1) is 10.7. The lowest BCUT2D eigenvalue weighted by Gasteiger charge is -2.27. The maximum Gasteiger partial charge on any atom is 0.335 e. The fourth-order valence-electron chi connectivity index (χ4n) is 2.14. The summed E-state index contributed by atoms with van der Waals surface area (Å²) in [6, 6.07) is 3.27. The van der Waals surface area contributed by atoms with Crippen LogP contribution in [-0.4, -0.2) is 24.0 Å². The van der Waals surface area contributed by atoms with Crippen molar-refractivity contribution in [2.75, 3.05) is 11.9 Å². The number of aromatic carboxylic acids is 1. The normalized spacial score (nSPS) is 14.9. The Balaban J connectivity index is 2.59. The average Bonchev–Trinajstić information content (AvgIpc) is 2.23. The molecule has 1 aliphatic heterocycles. The Morgan fingerprint density at radius 2 is 2.06 bits per heavy atom. The minimum Gasteiger partial charge on any atom is -0.478 e. The van der Waals surface area contributed by atoms with Crippen molar-refractivity contribution in [3.63, 3.8) is 0 Å². The zero-order valence-electron chi connectivity index (χ0n) is 9.28. The Kier molecular flexibility index (Phi) is 2.42. The fraction of sp³-hybridized carbons (Fsp3) is 0.333. The largest absolute Gasteiger partial charge is 0.478 e. The molecule has 0 aromatic heterocycles. The van der Waals surface area contributed by atoms with Crippen LogP contribution in [0.5, 0.6) is 0 Å². The van der Waals surface area contributed by atoms with Gasteiger partial charge in [0.1, 0.15) is 0 Å². The Morgan fingerprint density at radius 3 is 2.69 bits per heavy atom. The van der Waals surface area contributed by atoms with Crippen LogP contribution in [0.1, 0.15) is 27.9 Å². The van der Waals surface area contributed by atoms with Gasteiger partial charge in [-0.1, -0.05) is 0 Å². The molecule has 1 N–H and O–H groups in total. The minimum absolute atomic E-state index is 0.0787. The van der Waals surface area contributed by atoms with Crippen molar-refractivity contribution >= 4 is 17.6 Å². The lowest BCUT2D eigenvalue weighted by molar-refractivity contribution is -0.118. The van der Waals surface area contributed by atoms with E-state index in [0.29, 0.717) is 18.4 Å². The molecule has 1 aliphatic rings. The van der Waals surface area contributed by atoms with Crippen molar-refractivity contribution in [3.8, 4) is 0 Å². The summed E-state index contributed by atoms with van der Waals surface area (Å²) in [5.74, 6) is -0.838. The zero-order valence-corrected chi connectivity index (χ0v) is 9.28. The van der Waals surface area contributed by atoms with Crippen molar-refractivity contribution in [2.24, 2.45) is 0 Å². The number of amides is 1. The molecule has 0 atom stereocenters. The molecule has 4 heteroatoms. The van der Waals surface area contributed by atoms with E-state index >= 15 is 0 Å². The third-order valence-corrected chi connectivity index (χ3v) is 3.13. The van der Waals surface area contributed by atoms with Gasteiger partial charge in [-0.15, -0.1) is 0 Å². The molecule has 84 valence electrons. The van der Waals surface area contributed by atoms with Gasteiger partial charge in [-0.05, 0) is 36.6 Å². The number of hydrogen-bond donors (Lipinski definition) is 1. The van der Waals surface area contributed by atoms with Crippen LogP contribution < -0.4 is 4.90 Å². The number of fused-ring (bicyclic) bond motifs is 1. The number of carboxylic acid groups (broad SMARTS) is 1. The van der Waals surface area contributed by atoms with Gasteiger partial charge >= 0.3 is 5.97 Å². The molecule has 0 aliphatic carbocycles. The molecule has 1 aromatic carbocycles. The van der Waals surface area contributed by atoms with E-state index in [1.165, 1.54) is 0 Å². The second-order valence-corrected chi connectivity index (χ2v) is 3.99. The number of rotatable bonds is 1. The summed E-state index contributed by atoms with van der Waals surface area (Å²) < 4.78 is 0. The van der Waals surface area contributed by atoms with E-state index < -0.39 is 5.97 Å². The lowest BCUT2D eigenvalue weighted by atomic mass is 9.93. The number of carbonyl (C=O) groups excluding carboxylic acids is 1. The Hall–Kier alpha value is -1.84. The molecule has 0 unspecified atom stereocenters. The van der Waals surface area contributed by atoms with Crippen LogP contribution in [-0.2, 0) is 11.2 Å². The van der Waals surface area contributed by atoms with Gasteiger partial charge in [-0.3, -0.25) is 4.79 Å². The molecule has 4 nitrogen and oxygen atoms in total. The zero-order chi connectivity index (χ0) is 11.9. The first-order chi connectivity index (χ1) is 7.52. The van der Waals surface area contributed by atoms with E-state index in [0.717, 1.165) is 16.8 Å². The maximum atomic E-state index is 11.5. The molecule has 2 rings (SSSR count). The van der Waals surface area contributed by atoms with Gasteiger partial charge in [0.05, 0.1) is 5.56 Å². The summed E-state index contributed by atoms with van der Waals surface area (Å²) in [4.78, 5) is 24.1. The average molecular weight is 219 g/mol. The molecule has 16 heavy (non-hydrogen) atoms. The molecule has 1 amide bonds. The van der Waals surface area contributed by atoms with Crippen molar-refractivity contribution < 1.29 is 14.7 Å². The highest BCUT2D eigenvalue weighted by atomic mass is 16.4. The monoisotopic (exact) mass is 219 g/mol. The predicted molar refractivity (Wildman–Crippen MR) is 59.9 cm³/mol. The highest BCUT2D eigenvalue weighted by molar-refractivity contribution is 5.98. The van der Waals surface area contributed by atoms with Crippen LogP contribution >= 0.6 is 0 Å². The molecule has 0 saturated carbocycles. The third kappa shape index (κ3) is 1.46. The molecule has 0 bridgehead atoms. The van der Waals surface area contributed by atoms with E-state index in [9.17, 15) is 9.59 Å². The Bertz CT molecular complexity index is 479. The van der Waals surface area contributed by atoms with E-state index in [1.54, 1.807) is 31.0 Å². The van der Waals surface area contributed by atoms with Crippen LogP contribution in [0.2, 0.25) is 0 Å². The van der Waals surface area contributed by atoms with Gasteiger partial charge in [-0.2, -0.15) is 0 Å². The van der Waals surface area contributed by atoms with Crippen LogP contribution in [0, 0.1) is 6.92 Å². The van der Waals surface area contributed by atoms with E-state index in [4.69, 9.17) is 5.11 Å². The predicted octanol–water partition coefficient (Wildman–Crippen LogP) is 1.60. The van der Waals surface area contributed by atoms with Gasteiger partial charge in [0.2, 0.25) is 5.91 Å². The minimum atomic E-state index is -0.917. The summed E-state index contributed by atoms with van der Waals surface area (Å²) in [5.41, 5.74) is 2.89. The van der Waals surface area contributed by atoms with Crippen LogP contribution in [0.4, 0.5) is 5.69 Å². The highest BCUT2D eigenvalue weighted by Crippen LogP contribution is 2.31. The molecule has 0 saturated heterocycles. The van der Waals surface area contributed by atoms with Crippen molar-refractivity contribution in [3.05, 3.63) is 28.8 Å². The van der Waals surface area contributed by atoms with Crippen molar-refractivity contribution in [2.45, 2.75) is 19.8 Å². The van der Waals surface area contributed by atoms with Crippen molar-refractivity contribution in [1.29, 1.82) is 0 Å². The summed E-state index contributed by atoms with van der Waals surface area (Å²) in [6.07, 6.45) is 1.08. The van der Waals surface area contributed by atoms with Gasteiger partial charge in [0.15, 0.2) is 0 Å². The highest BCUT2D eigenvalue weighted by Gasteiger charge is 2.24. The van der Waals surface area contributed by atoms with Gasteiger partial charge in [0.25, 0.3) is 0 Å². The number of nitrogens with zero attached hydrogens (tertiary/aromatic N) is 1. The molecule has 0 radical (unpaired) electrons. The topological polar surface area (TPSA) is 57.6 Å². The summed E-state index contributed by atoms with van der Waals surface area (Å²) >= 11 is 0. The van der Waals surface area contributed by atoms with Crippen LogP contribution in [0.3, 0.4) is 0 Å².